The number of benzene rings is 1. The summed E-state index contributed by atoms with van der Waals surface area (Å²) in [7, 11) is 4.95. The molecule has 3 aliphatic carbocycles. The van der Waals surface area contributed by atoms with Crippen LogP contribution in [-0.4, -0.2) is 69.8 Å². The van der Waals surface area contributed by atoms with E-state index >= 15 is 0 Å². The number of fused-ring (bicyclic) bond motifs is 3. The Morgan fingerprint density at radius 2 is 1.82 bits per heavy atom. The number of phenolic OH excluding ortho intramolecular Hbond substituents is 1. The van der Waals surface area contributed by atoms with E-state index in [0.29, 0.717) is 5.69 Å². The summed E-state index contributed by atoms with van der Waals surface area (Å²) in [5, 5.41) is 58.7. The van der Waals surface area contributed by atoms with Gasteiger partial charge in [0.05, 0.1) is 16.9 Å². The minimum Gasteiger partial charge on any atom is -0.508 e. The molecule has 34 heavy (non-hydrogen) atoms. The molecular formula is C23H27N3O8. The van der Waals surface area contributed by atoms with Gasteiger partial charge in [-0.15, -0.1) is 0 Å². The number of Topliss-reactive ketones (excluding diaryl/α,β-unsaturated/α-hetero) is 2. The SMILES string of the molecule is CNc1cc(N(C)C)c2c(c1O)C(O)=C1C(=O)[C@]3(O)C(O)=C(C(N)=O)C(=O)C[C@@H]3C[C@@H]1C2(C)O. The number of aliphatic hydroxyl groups is 4. The van der Waals surface area contributed by atoms with Crippen LogP contribution in [0.15, 0.2) is 23.0 Å². The highest BCUT2D eigenvalue weighted by Gasteiger charge is 2.63. The van der Waals surface area contributed by atoms with Gasteiger partial charge >= 0.3 is 0 Å². The molecule has 0 spiro atoms. The maximum atomic E-state index is 13.6. The van der Waals surface area contributed by atoms with Crippen LogP contribution in [0.3, 0.4) is 0 Å². The fourth-order valence-electron chi connectivity index (χ4n) is 5.59. The fraction of sp³-hybridized carbons (Fsp3) is 0.435. The number of anilines is 2. The predicted molar refractivity (Wildman–Crippen MR) is 121 cm³/mol. The van der Waals surface area contributed by atoms with Crippen molar-refractivity contribution in [2.45, 2.75) is 31.0 Å². The second kappa shape index (κ2) is 7.21. The number of rotatable bonds is 3. The quantitative estimate of drug-likeness (QED) is 0.235. The van der Waals surface area contributed by atoms with Gasteiger partial charge in [0.25, 0.3) is 5.91 Å². The molecule has 0 heterocycles. The Morgan fingerprint density at radius 3 is 2.35 bits per heavy atom. The molecule has 0 aliphatic heterocycles. The van der Waals surface area contributed by atoms with Crippen molar-refractivity contribution in [3.05, 3.63) is 34.1 Å². The maximum Gasteiger partial charge on any atom is 0.255 e. The first-order chi connectivity index (χ1) is 15.7. The van der Waals surface area contributed by atoms with E-state index in [1.807, 2.05) is 0 Å². The van der Waals surface area contributed by atoms with Crippen molar-refractivity contribution in [1.29, 1.82) is 0 Å². The van der Waals surface area contributed by atoms with Gasteiger partial charge < -0.3 is 41.5 Å². The van der Waals surface area contributed by atoms with Crippen molar-refractivity contribution in [3.8, 4) is 5.75 Å². The highest BCUT2D eigenvalue weighted by molar-refractivity contribution is 6.22. The molecule has 4 atom stereocenters. The molecule has 8 N–H and O–H groups in total. The van der Waals surface area contributed by atoms with Gasteiger partial charge in [0.2, 0.25) is 5.78 Å². The maximum absolute atomic E-state index is 13.6. The van der Waals surface area contributed by atoms with Crippen LogP contribution < -0.4 is 16.0 Å². The molecule has 11 heteroatoms. The number of aliphatic hydroxyl groups excluding tert-OH is 2. The van der Waals surface area contributed by atoms with Gasteiger partial charge in [-0.2, -0.15) is 0 Å². The number of nitrogens with zero attached hydrogens (tertiary/aromatic N) is 1. The zero-order valence-corrected chi connectivity index (χ0v) is 19.1. The number of carbonyl (C=O) groups excluding carboxylic acids is 3. The first-order valence-corrected chi connectivity index (χ1v) is 10.7. The van der Waals surface area contributed by atoms with Gasteiger partial charge in [0.1, 0.15) is 22.8 Å². The Hall–Kier alpha value is -3.57. The average molecular weight is 473 g/mol. The molecule has 4 rings (SSSR count). The number of primary amides is 1. The summed E-state index contributed by atoms with van der Waals surface area (Å²) < 4.78 is 0. The third kappa shape index (κ3) is 2.74. The molecular weight excluding hydrogens is 446 g/mol. The Bertz CT molecular complexity index is 1230. The fourth-order valence-corrected chi connectivity index (χ4v) is 5.59. The summed E-state index contributed by atoms with van der Waals surface area (Å²) in [5.41, 5.74) is 0.000220. The number of carbonyl (C=O) groups is 3. The van der Waals surface area contributed by atoms with Gasteiger partial charge in [-0.1, -0.05) is 0 Å². The molecule has 1 aromatic carbocycles. The molecule has 1 aromatic rings. The molecule has 1 saturated carbocycles. The van der Waals surface area contributed by atoms with E-state index in [4.69, 9.17) is 5.73 Å². The molecule has 0 saturated heterocycles. The number of phenols is 1. The summed E-state index contributed by atoms with van der Waals surface area (Å²) >= 11 is 0. The number of nitrogens with two attached hydrogens (primary N) is 1. The molecule has 0 radical (unpaired) electrons. The Kier molecular flexibility index (Phi) is 5.00. The number of amides is 1. The van der Waals surface area contributed by atoms with Crippen LogP contribution in [-0.2, 0) is 20.0 Å². The lowest BCUT2D eigenvalue weighted by atomic mass is 9.55. The van der Waals surface area contributed by atoms with E-state index in [1.165, 1.54) is 6.92 Å². The third-order valence-corrected chi connectivity index (χ3v) is 7.31. The largest absolute Gasteiger partial charge is 0.508 e. The summed E-state index contributed by atoms with van der Waals surface area (Å²) in [5.74, 6) is -7.85. The predicted octanol–water partition coefficient (Wildman–Crippen LogP) is 0.197. The van der Waals surface area contributed by atoms with Crippen molar-refractivity contribution in [2.24, 2.45) is 17.6 Å². The minimum absolute atomic E-state index is 0.165. The normalized spacial score (nSPS) is 30.5. The zero-order chi connectivity index (χ0) is 25.5. The van der Waals surface area contributed by atoms with Crippen molar-refractivity contribution in [2.75, 3.05) is 31.4 Å². The lowest BCUT2D eigenvalue weighted by Gasteiger charge is -2.50. The molecule has 1 unspecified atom stereocenters. The highest BCUT2D eigenvalue weighted by atomic mass is 16.3. The summed E-state index contributed by atoms with van der Waals surface area (Å²) in [6.45, 7) is 1.42. The molecule has 0 bridgehead atoms. The van der Waals surface area contributed by atoms with Crippen LogP contribution in [0.5, 0.6) is 5.75 Å². The molecule has 11 nitrogen and oxygen atoms in total. The monoisotopic (exact) mass is 473 g/mol. The summed E-state index contributed by atoms with van der Waals surface area (Å²) in [6, 6.07) is 1.58. The van der Waals surface area contributed by atoms with E-state index in [9.17, 15) is 39.9 Å². The van der Waals surface area contributed by atoms with Crippen molar-refractivity contribution in [3.63, 3.8) is 0 Å². The first-order valence-electron chi connectivity index (χ1n) is 10.7. The molecule has 182 valence electrons. The number of ketones is 2. The minimum atomic E-state index is -2.70. The standard InChI is InChI=1S/C23H27N3O8/c1-22(33)9-5-8-6-12(27)14(21(24)32)20(31)23(8,34)19(30)13(9)18(29)15-16(22)11(26(3)4)7-10(25-2)17(15)28/h7-9,25,28-29,31,33-34H,5-6H2,1-4H3,(H2,24,32)/t8-,9-,22?,23-/m0/s1. The molecule has 1 fully saturated rings. The smallest absolute Gasteiger partial charge is 0.255 e. The van der Waals surface area contributed by atoms with Gasteiger partial charge in [-0.25, -0.2) is 0 Å². The van der Waals surface area contributed by atoms with Crippen LogP contribution in [0.2, 0.25) is 0 Å². The highest BCUT2D eigenvalue weighted by Crippen LogP contribution is 2.59. The number of nitrogens with one attached hydrogen (secondary N) is 1. The van der Waals surface area contributed by atoms with E-state index in [1.54, 1.807) is 32.1 Å². The van der Waals surface area contributed by atoms with Gasteiger partial charge in [-0.05, 0) is 19.4 Å². The summed E-state index contributed by atoms with van der Waals surface area (Å²) in [4.78, 5) is 39.5. The molecule has 1 amide bonds. The average Bonchev–Trinajstić information content (AvgIpc) is 2.73. The molecule has 0 aromatic heterocycles. The van der Waals surface area contributed by atoms with Gasteiger partial charge in [0, 0.05) is 56.2 Å². The lowest BCUT2D eigenvalue weighted by molar-refractivity contribution is -0.152. The third-order valence-electron chi connectivity index (χ3n) is 7.31. The Morgan fingerprint density at radius 1 is 1.21 bits per heavy atom. The summed E-state index contributed by atoms with van der Waals surface area (Å²) in [6.07, 6.45) is -0.653. The topological polar surface area (TPSA) is 194 Å². The second-order valence-electron chi connectivity index (χ2n) is 9.39. The second-order valence-corrected chi connectivity index (χ2v) is 9.39. The zero-order valence-electron chi connectivity index (χ0n) is 19.1. The Balaban J connectivity index is 2.07. The van der Waals surface area contributed by atoms with Crippen LogP contribution in [0.4, 0.5) is 11.4 Å². The Labute approximate surface area is 194 Å². The van der Waals surface area contributed by atoms with Crippen molar-refractivity contribution in [1.82, 2.24) is 0 Å². The van der Waals surface area contributed by atoms with E-state index < -0.39 is 75.3 Å². The van der Waals surface area contributed by atoms with Crippen molar-refractivity contribution < 1.29 is 39.9 Å². The van der Waals surface area contributed by atoms with Crippen LogP contribution in [0.1, 0.15) is 30.9 Å². The van der Waals surface area contributed by atoms with E-state index in [0.717, 1.165) is 0 Å². The lowest BCUT2D eigenvalue weighted by Crippen LogP contribution is -2.60. The van der Waals surface area contributed by atoms with Crippen molar-refractivity contribution >= 4 is 34.6 Å². The number of aromatic hydroxyl groups is 1. The van der Waals surface area contributed by atoms with E-state index in [2.05, 4.69) is 5.32 Å². The molecule has 3 aliphatic rings. The van der Waals surface area contributed by atoms with E-state index in [-0.39, 0.29) is 23.2 Å². The van der Waals surface area contributed by atoms with Gasteiger partial charge in [0.15, 0.2) is 11.4 Å². The first kappa shape index (κ1) is 23.6. The van der Waals surface area contributed by atoms with Gasteiger partial charge in [-0.3, -0.25) is 14.4 Å². The number of hydrogen-bond donors (Lipinski definition) is 7. The van der Waals surface area contributed by atoms with Crippen LogP contribution >= 0.6 is 0 Å². The number of hydrogen-bond acceptors (Lipinski definition) is 10. The van der Waals surface area contributed by atoms with Crippen LogP contribution in [0, 0.1) is 11.8 Å². The van der Waals surface area contributed by atoms with Crippen LogP contribution in [0.25, 0.3) is 5.76 Å².